The summed E-state index contributed by atoms with van der Waals surface area (Å²) >= 11 is 0. The van der Waals surface area contributed by atoms with Gasteiger partial charge in [-0.15, -0.1) is 0 Å². The van der Waals surface area contributed by atoms with Crippen molar-refractivity contribution < 1.29 is 4.79 Å². The Kier molecular flexibility index (Phi) is 6.30. The quantitative estimate of drug-likeness (QED) is 0.451. The van der Waals surface area contributed by atoms with Crippen molar-refractivity contribution in [3.63, 3.8) is 0 Å². The van der Waals surface area contributed by atoms with Crippen LogP contribution in [0.4, 0.5) is 5.69 Å². The molecule has 0 amide bonds. The van der Waals surface area contributed by atoms with E-state index in [2.05, 4.69) is 119 Å². The predicted octanol–water partition coefficient (Wildman–Crippen LogP) is 7.49. The van der Waals surface area contributed by atoms with E-state index in [0.29, 0.717) is 0 Å². The number of carbonyl (C=O) groups excluding carboxylic acids is 1. The summed E-state index contributed by atoms with van der Waals surface area (Å²) in [6, 6.07) is 13.4. The Bertz CT molecular complexity index is 1400. The Morgan fingerprint density at radius 3 is 2.14 bits per heavy atom. The highest BCUT2D eigenvalue weighted by Gasteiger charge is 2.39. The summed E-state index contributed by atoms with van der Waals surface area (Å²) in [7, 11) is 0. The Morgan fingerprint density at radius 1 is 0.838 bits per heavy atom. The molecule has 0 radical (unpaired) electrons. The molecule has 2 heterocycles. The summed E-state index contributed by atoms with van der Waals surface area (Å²) in [6.07, 6.45) is 10.1. The number of nitrogens with zero attached hydrogens (tertiary/aromatic N) is 1. The van der Waals surface area contributed by atoms with Crippen LogP contribution in [0.15, 0.2) is 83.2 Å². The maximum Gasteiger partial charge on any atom is 0.185 e. The molecule has 1 aliphatic carbocycles. The second kappa shape index (κ2) is 9.20. The number of fused-ring (bicyclic) bond motifs is 2. The van der Waals surface area contributed by atoms with Gasteiger partial charge in [0.25, 0.3) is 0 Å². The SMILES string of the molecule is CCN1/C(=C/C=C2\CCC(=CC=C3NCc4ccc(C)cc4C3(C)C)C2=O)C(C)(C)c2cc(C)ccc21. The number of Topliss-reactive ketones (excluding diaryl/α,β-unsaturated/α-hetero) is 1. The van der Waals surface area contributed by atoms with E-state index in [4.69, 9.17) is 0 Å². The normalized spacial score (nSPS) is 24.2. The number of carbonyl (C=O) groups is 1. The standard InChI is InChI=1S/C34H40N2O/c1-8-36-29-16-10-23(3)20-28(29)34(6,7)31(36)18-15-25-13-12-24(32(25)37)14-17-30-33(4,5)27-19-22(2)9-11-26(27)21-35-30/h9-11,14-20,35H,8,12-13,21H2,1-7H3/b24-14?,25-15+,30-17?,31-18+. The zero-order chi connectivity index (χ0) is 26.5. The monoisotopic (exact) mass is 492 g/mol. The van der Waals surface area contributed by atoms with E-state index in [9.17, 15) is 4.79 Å². The summed E-state index contributed by atoms with van der Waals surface area (Å²) in [5.74, 6) is 0.186. The first-order valence-corrected chi connectivity index (χ1v) is 13.6. The van der Waals surface area contributed by atoms with E-state index in [0.717, 1.165) is 37.1 Å². The average Bonchev–Trinajstić information content (AvgIpc) is 3.30. The van der Waals surface area contributed by atoms with Gasteiger partial charge in [0.2, 0.25) is 0 Å². The smallest absolute Gasteiger partial charge is 0.185 e. The van der Waals surface area contributed by atoms with Gasteiger partial charge < -0.3 is 10.2 Å². The van der Waals surface area contributed by atoms with Gasteiger partial charge in [-0.05, 0) is 68.5 Å². The molecule has 3 nitrogen and oxygen atoms in total. The molecule has 37 heavy (non-hydrogen) atoms. The topological polar surface area (TPSA) is 32.3 Å². The first kappa shape index (κ1) is 25.3. The number of ketones is 1. The van der Waals surface area contributed by atoms with Crippen molar-refractivity contribution in [2.24, 2.45) is 0 Å². The van der Waals surface area contributed by atoms with Gasteiger partial charge in [0.1, 0.15) is 0 Å². The molecule has 0 spiro atoms. The molecule has 0 atom stereocenters. The van der Waals surface area contributed by atoms with Crippen molar-refractivity contribution in [1.82, 2.24) is 5.32 Å². The zero-order valence-corrected chi connectivity index (χ0v) is 23.5. The van der Waals surface area contributed by atoms with E-state index in [-0.39, 0.29) is 16.6 Å². The second-order valence-corrected chi connectivity index (χ2v) is 11.9. The van der Waals surface area contributed by atoms with Crippen LogP contribution in [0.5, 0.6) is 0 Å². The molecule has 2 aromatic rings. The van der Waals surface area contributed by atoms with Gasteiger partial charge in [0, 0.05) is 52.1 Å². The van der Waals surface area contributed by atoms with Crippen LogP contribution in [0, 0.1) is 13.8 Å². The van der Waals surface area contributed by atoms with E-state index in [1.165, 1.54) is 44.9 Å². The predicted molar refractivity (Wildman–Crippen MR) is 155 cm³/mol. The van der Waals surface area contributed by atoms with Gasteiger partial charge >= 0.3 is 0 Å². The van der Waals surface area contributed by atoms with Gasteiger partial charge in [-0.3, -0.25) is 4.79 Å². The average molecular weight is 493 g/mol. The van der Waals surface area contributed by atoms with E-state index in [1.54, 1.807) is 0 Å². The van der Waals surface area contributed by atoms with E-state index < -0.39 is 0 Å². The molecular weight excluding hydrogens is 452 g/mol. The molecule has 2 aliphatic heterocycles. The maximum absolute atomic E-state index is 13.3. The lowest BCUT2D eigenvalue weighted by Crippen LogP contribution is -2.36. The van der Waals surface area contributed by atoms with Crippen LogP contribution < -0.4 is 10.2 Å². The minimum Gasteiger partial charge on any atom is -0.384 e. The number of nitrogens with one attached hydrogen (secondary N) is 1. The summed E-state index contributed by atoms with van der Waals surface area (Å²) < 4.78 is 0. The minimum atomic E-state index is -0.119. The first-order valence-electron chi connectivity index (χ1n) is 13.6. The Labute approximate surface area is 222 Å². The summed E-state index contributed by atoms with van der Waals surface area (Å²) in [5.41, 5.74) is 12.0. The molecular formula is C34H40N2O. The number of aryl methyl sites for hydroxylation is 2. The van der Waals surface area contributed by atoms with Gasteiger partial charge in [0.05, 0.1) is 0 Å². The van der Waals surface area contributed by atoms with Crippen molar-refractivity contribution in [3.05, 3.63) is 111 Å². The van der Waals surface area contributed by atoms with Crippen LogP contribution in [0.2, 0.25) is 0 Å². The number of rotatable bonds is 3. The van der Waals surface area contributed by atoms with Crippen molar-refractivity contribution >= 4 is 11.5 Å². The number of anilines is 1. The third kappa shape index (κ3) is 4.29. The van der Waals surface area contributed by atoms with Crippen molar-refractivity contribution in [2.75, 3.05) is 11.4 Å². The zero-order valence-electron chi connectivity index (χ0n) is 23.5. The number of allylic oxidation sites excluding steroid dienone is 8. The molecule has 3 heteroatoms. The second-order valence-electron chi connectivity index (χ2n) is 11.9. The highest BCUT2D eigenvalue weighted by molar-refractivity contribution is 6.11. The molecule has 3 aliphatic rings. The number of hydrogen-bond acceptors (Lipinski definition) is 3. The Morgan fingerprint density at radius 2 is 1.46 bits per heavy atom. The third-order valence-electron chi connectivity index (χ3n) is 8.59. The molecule has 1 fully saturated rings. The fraction of sp³-hybridized carbons (Fsp3) is 0.382. The first-order chi connectivity index (χ1) is 17.5. The largest absolute Gasteiger partial charge is 0.384 e. The lowest BCUT2D eigenvalue weighted by atomic mass is 9.75. The van der Waals surface area contributed by atoms with Crippen LogP contribution in [0.25, 0.3) is 0 Å². The van der Waals surface area contributed by atoms with Gasteiger partial charge in [0.15, 0.2) is 5.78 Å². The number of likely N-dealkylation sites (N-methyl/N-ethyl adjacent to an activating group) is 1. The van der Waals surface area contributed by atoms with Gasteiger partial charge in [-0.1, -0.05) is 81.3 Å². The fourth-order valence-corrected chi connectivity index (χ4v) is 6.26. The van der Waals surface area contributed by atoms with Crippen LogP contribution in [-0.2, 0) is 22.2 Å². The lowest BCUT2D eigenvalue weighted by molar-refractivity contribution is -0.111. The number of benzene rings is 2. The summed E-state index contributed by atoms with van der Waals surface area (Å²) in [6.45, 7) is 17.3. The molecule has 5 rings (SSSR count). The Balaban J connectivity index is 1.40. The van der Waals surface area contributed by atoms with E-state index >= 15 is 0 Å². The molecule has 0 unspecified atom stereocenters. The molecule has 1 N–H and O–H groups in total. The molecule has 2 aromatic carbocycles. The minimum absolute atomic E-state index is 0.0912. The summed E-state index contributed by atoms with van der Waals surface area (Å²) in [5, 5.41) is 3.61. The van der Waals surface area contributed by atoms with E-state index in [1.807, 2.05) is 0 Å². The Hall–Kier alpha value is -3.33. The maximum atomic E-state index is 13.3. The molecule has 0 aromatic heterocycles. The highest BCUT2D eigenvalue weighted by Crippen LogP contribution is 2.48. The third-order valence-corrected chi connectivity index (χ3v) is 8.59. The lowest BCUT2D eigenvalue weighted by Gasteiger charge is -2.36. The van der Waals surface area contributed by atoms with Crippen LogP contribution in [0.1, 0.15) is 75.3 Å². The van der Waals surface area contributed by atoms with Crippen molar-refractivity contribution in [1.29, 1.82) is 0 Å². The summed E-state index contributed by atoms with van der Waals surface area (Å²) in [4.78, 5) is 15.7. The van der Waals surface area contributed by atoms with Gasteiger partial charge in [-0.2, -0.15) is 0 Å². The molecule has 192 valence electrons. The number of hydrogen-bond donors (Lipinski definition) is 1. The fourth-order valence-electron chi connectivity index (χ4n) is 6.26. The molecule has 0 saturated heterocycles. The molecule has 1 saturated carbocycles. The molecule has 0 bridgehead atoms. The van der Waals surface area contributed by atoms with Crippen LogP contribution in [0.3, 0.4) is 0 Å². The van der Waals surface area contributed by atoms with Crippen LogP contribution in [-0.4, -0.2) is 12.3 Å². The van der Waals surface area contributed by atoms with Gasteiger partial charge in [-0.25, -0.2) is 0 Å². The van der Waals surface area contributed by atoms with Crippen LogP contribution >= 0.6 is 0 Å². The van der Waals surface area contributed by atoms with Crippen molar-refractivity contribution in [3.8, 4) is 0 Å². The van der Waals surface area contributed by atoms with Crippen molar-refractivity contribution in [2.45, 2.75) is 78.7 Å². The highest BCUT2D eigenvalue weighted by atomic mass is 16.1.